The number of sulfone groups is 1. The van der Waals surface area contributed by atoms with Gasteiger partial charge in [-0.3, -0.25) is 14.5 Å². The molecule has 2 heterocycles. The number of ether oxygens (including phenoxy) is 1. The van der Waals surface area contributed by atoms with Gasteiger partial charge >= 0.3 is 5.97 Å². The van der Waals surface area contributed by atoms with Gasteiger partial charge in [0.1, 0.15) is 0 Å². The minimum atomic E-state index is -3.00. The van der Waals surface area contributed by atoms with Gasteiger partial charge in [-0.1, -0.05) is 12.1 Å². The van der Waals surface area contributed by atoms with Crippen LogP contribution < -0.4 is 0 Å². The lowest BCUT2D eigenvalue weighted by molar-refractivity contribution is -0.143. The van der Waals surface area contributed by atoms with Crippen molar-refractivity contribution in [3.63, 3.8) is 0 Å². The highest BCUT2D eigenvalue weighted by Crippen LogP contribution is 2.33. The molecule has 0 saturated carbocycles. The second-order valence-corrected chi connectivity index (χ2v) is 9.83. The molecule has 1 aromatic carbocycles. The van der Waals surface area contributed by atoms with E-state index in [-0.39, 0.29) is 22.7 Å². The molecule has 1 atom stereocenters. The topological polar surface area (TPSA) is 97.8 Å². The Hall–Kier alpha value is -1.87. The highest BCUT2D eigenvalue weighted by molar-refractivity contribution is 8.02. The van der Waals surface area contributed by atoms with Gasteiger partial charge in [0.2, 0.25) is 5.91 Å². The van der Waals surface area contributed by atoms with Crippen molar-refractivity contribution in [2.75, 3.05) is 24.7 Å². The molecule has 0 bridgehead atoms. The lowest BCUT2D eigenvalue weighted by atomic mass is 10.2. The van der Waals surface area contributed by atoms with Gasteiger partial charge in [0.05, 0.1) is 17.1 Å². The van der Waals surface area contributed by atoms with E-state index in [9.17, 15) is 22.8 Å². The molecule has 2 aliphatic rings. The second kappa shape index (κ2) is 7.79. The number of esters is 1. The number of carbonyl (C=O) groups is 3. The van der Waals surface area contributed by atoms with Gasteiger partial charge in [0.25, 0.3) is 5.91 Å². The average Bonchev–Trinajstić information content (AvgIpc) is 3.18. The van der Waals surface area contributed by atoms with Crippen LogP contribution >= 0.6 is 11.8 Å². The molecule has 26 heavy (non-hydrogen) atoms. The number of benzene rings is 1. The normalized spacial score (nSPS) is 21.8. The predicted molar refractivity (Wildman–Crippen MR) is 95.6 cm³/mol. The molecule has 3 rings (SSSR count). The molecule has 2 saturated heterocycles. The van der Waals surface area contributed by atoms with Crippen molar-refractivity contribution in [1.29, 1.82) is 0 Å². The number of likely N-dealkylation sites (tertiary alicyclic amines) is 1. The molecule has 2 fully saturated rings. The van der Waals surface area contributed by atoms with Gasteiger partial charge < -0.3 is 4.74 Å². The van der Waals surface area contributed by atoms with Crippen LogP contribution in [-0.2, 0) is 24.2 Å². The van der Waals surface area contributed by atoms with Crippen molar-refractivity contribution in [1.82, 2.24) is 4.90 Å². The summed E-state index contributed by atoms with van der Waals surface area (Å²) in [4.78, 5) is 37.6. The van der Waals surface area contributed by atoms with Crippen molar-refractivity contribution in [2.24, 2.45) is 0 Å². The molecule has 1 aromatic rings. The molecular weight excluding hydrogens is 378 g/mol. The van der Waals surface area contributed by atoms with Crippen molar-refractivity contribution >= 4 is 39.4 Å². The Bertz CT molecular complexity index is 835. The number of amides is 2. The smallest absolute Gasteiger partial charge is 0.339 e. The van der Waals surface area contributed by atoms with Crippen LogP contribution in [0.4, 0.5) is 0 Å². The number of hydrogen-bond acceptors (Lipinski definition) is 7. The quantitative estimate of drug-likeness (QED) is 0.690. The van der Waals surface area contributed by atoms with Crippen LogP contribution in [0.25, 0.3) is 0 Å². The highest BCUT2D eigenvalue weighted by atomic mass is 32.2. The number of imide groups is 1. The van der Waals surface area contributed by atoms with E-state index in [1.807, 2.05) is 0 Å². The van der Waals surface area contributed by atoms with Gasteiger partial charge in [-0.05, 0) is 25.0 Å². The van der Waals surface area contributed by atoms with Gasteiger partial charge in [0.15, 0.2) is 16.4 Å². The van der Waals surface area contributed by atoms with Gasteiger partial charge in [-0.2, -0.15) is 0 Å². The van der Waals surface area contributed by atoms with Crippen molar-refractivity contribution in [2.45, 2.75) is 29.4 Å². The summed E-state index contributed by atoms with van der Waals surface area (Å²) in [6.07, 6.45) is 1.51. The zero-order chi connectivity index (χ0) is 18.7. The monoisotopic (exact) mass is 397 g/mol. The first-order valence-electron chi connectivity index (χ1n) is 8.32. The number of nitrogens with zero attached hydrogens (tertiary/aromatic N) is 1. The second-order valence-electron chi connectivity index (χ2n) is 6.26. The van der Waals surface area contributed by atoms with Crippen LogP contribution in [0.5, 0.6) is 0 Å². The molecular formula is C17H19NO6S2. The summed E-state index contributed by atoms with van der Waals surface area (Å²) >= 11 is 1.34. The molecule has 0 unspecified atom stereocenters. The molecule has 0 spiro atoms. The molecule has 9 heteroatoms. The lowest BCUT2D eigenvalue weighted by Gasteiger charge is -2.15. The molecule has 7 nitrogen and oxygen atoms in total. The summed E-state index contributed by atoms with van der Waals surface area (Å²) in [5, 5.41) is -0.0993. The van der Waals surface area contributed by atoms with E-state index in [1.54, 1.807) is 24.3 Å². The van der Waals surface area contributed by atoms with Gasteiger partial charge in [0, 0.05) is 23.1 Å². The maximum absolute atomic E-state index is 12.4. The molecule has 0 N–H and O–H groups in total. The minimum absolute atomic E-state index is 0.0939. The first-order valence-corrected chi connectivity index (χ1v) is 11.0. The van der Waals surface area contributed by atoms with E-state index in [0.29, 0.717) is 36.3 Å². The Labute approximate surface area is 156 Å². The summed E-state index contributed by atoms with van der Waals surface area (Å²) < 4.78 is 28.3. The largest absolute Gasteiger partial charge is 0.452 e. The first kappa shape index (κ1) is 18.9. The third-order valence-electron chi connectivity index (χ3n) is 4.29. The highest BCUT2D eigenvalue weighted by Gasteiger charge is 2.30. The standard InChI is InChI=1S/C17H19NO6S2/c19-15-6-3-8-18(15)16(20)10-24-17(21)13-4-1-2-5-14(13)25-12-7-9-26(22,23)11-12/h1-2,4-5,12H,3,6-11H2/t12-/m0/s1. The fraction of sp³-hybridized carbons (Fsp3) is 0.471. The SMILES string of the molecule is O=C(OCC(=O)N1CCCC1=O)c1ccccc1S[C@H]1CCS(=O)(=O)C1. The van der Waals surface area contributed by atoms with E-state index in [0.717, 1.165) is 4.90 Å². The third-order valence-corrected chi connectivity index (χ3v) is 7.62. The minimum Gasteiger partial charge on any atom is -0.452 e. The van der Waals surface area contributed by atoms with Gasteiger partial charge in [-0.25, -0.2) is 13.2 Å². The van der Waals surface area contributed by atoms with Crippen molar-refractivity contribution in [3.8, 4) is 0 Å². The van der Waals surface area contributed by atoms with E-state index in [4.69, 9.17) is 4.74 Å². The number of rotatable bonds is 5. The maximum atomic E-state index is 12.4. The van der Waals surface area contributed by atoms with Crippen LogP contribution in [0.2, 0.25) is 0 Å². The molecule has 0 aliphatic carbocycles. The van der Waals surface area contributed by atoms with Crippen molar-refractivity contribution in [3.05, 3.63) is 29.8 Å². The molecule has 2 amide bonds. The number of thioether (sulfide) groups is 1. The molecule has 0 aromatic heterocycles. The van der Waals surface area contributed by atoms with Crippen LogP contribution in [0.3, 0.4) is 0 Å². The molecule has 0 radical (unpaired) electrons. The van der Waals surface area contributed by atoms with Crippen molar-refractivity contribution < 1.29 is 27.5 Å². The summed E-state index contributed by atoms with van der Waals surface area (Å²) in [6.45, 7) is -0.126. The van der Waals surface area contributed by atoms with E-state index in [2.05, 4.69) is 0 Å². The van der Waals surface area contributed by atoms with Crippen LogP contribution in [0, 0.1) is 0 Å². The average molecular weight is 397 g/mol. The lowest BCUT2D eigenvalue weighted by Crippen LogP contribution is -2.35. The fourth-order valence-corrected chi connectivity index (χ4v) is 6.58. The zero-order valence-corrected chi connectivity index (χ0v) is 15.7. The summed E-state index contributed by atoms with van der Waals surface area (Å²) in [5.41, 5.74) is 0.294. The van der Waals surface area contributed by atoms with Crippen LogP contribution in [-0.4, -0.2) is 61.0 Å². The van der Waals surface area contributed by atoms with Crippen LogP contribution in [0.15, 0.2) is 29.2 Å². The third kappa shape index (κ3) is 4.45. The Morgan fingerprint density at radius 1 is 1.27 bits per heavy atom. The zero-order valence-electron chi connectivity index (χ0n) is 14.0. The predicted octanol–water partition coefficient (Wildman–Crippen LogP) is 1.27. The first-order chi connectivity index (χ1) is 12.4. The Balaban J connectivity index is 1.62. The van der Waals surface area contributed by atoms with Crippen LogP contribution in [0.1, 0.15) is 29.6 Å². The number of carbonyl (C=O) groups excluding carboxylic acids is 3. The summed E-state index contributed by atoms with van der Waals surface area (Å²) in [5.74, 6) is -1.17. The maximum Gasteiger partial charge on any atom is 0.339 e. The fourth-order valence-electron chi connectivity index (χ4n) is 2.97. The Kier molecular flexibility index (Phi) is 5.67. The number of hydrogen-bond donors (Lipinski definition) is 0. The summed E-state index contributed by atoms with van der Waals surface area (Å²) in [6, 6.07) is 6.76. The van der Waals surface area contributed by atoms with Gasteiger partial charge in [-0.15, -0.1) is 11.8 Å². The molecule has 2 aliphatic heterocycles. The van der Waals surface area contributed by atoms with E-state index < -0.39 is 28.3 Å². The Morgan fingerprint density at radius 3 is 2.69 bits per heavy atom. The molecule has 140 valence electrons. The Morgan fingerprint density at radius 2 is 2.04 bits per heavy atom. The van der Waals surface area contributed by atoms with E-state index >= 15 is 0 Å². The summed E-state index contributed by atoms with van der Waals surface area (Å²) in [7, 11) is -3.00. The van der Waals surface area contributed by atoms with E-state index in [1.165, 1.54) is 11.8 Å².